The van der Waals surface area contributed by atoms with Crippen molar-refractivity contribution in [2.45, 2.75) is 62.7 Å². The van der Waals surface area contributed by atoms with Gasteiger partial charge in [0.2, 0.25) is 17.7 Å². The van der Waals surface area contributed by atoms with Gasteiger partial charge in [0.1, 0.15) is 24.2 Å². The van der Waals surface area contributed by atoms with Gasteiger partial charge in [0.15, 0.2) is 0 Å². The van der Waals surface area contributed by atoms with Crippen molar-refractivity contribution in [1.29, 1.82) is 0 Å². The summed E-state index contributed by atoms with van der Waals surface area (Å²) in [5, 5.41) is 34.8. The second-order valence-corrected chi connectivity index (χ2v) is 8.22. The molecular formula is C23H35N5O8. The number of aliphatic carboxylic acids is 2. The number of hydrogen-bond acceptors (Lipinski definition) is 8. The van der Waals surface area contributed by atoms with E-state index in [1.165, 1.54) is 0 Å². The Morgan fingerprint density at radius 2 is 1.39 bits per heavy atom. The lowest BCUT2D eigenvalue weighted by Crippen LogP contribution is -2.58. The first-order chi connectivity index (χ1) is 17.1. The fourth-order valence-corrected chi connectivity index (χ4v) is 3.25. The van der Waals surface area contributed by atoms with Gasteiger partial charge in [-0.1, -0.05) is 30.3 Å². The molecule has 0 aromatic heterocycles. The van der Waals surface area contributed by atoms with Crippen LogP contribution < -0.4 is 27.4 Å². The van der Waals surface area contributed by atoms with Crippen molar-refractivity contribution in [2.24, 2.45) is 11.5 Å². The maximum Gasteiger partial charge on any atom is 0.326 e. The smallest absolute Gasteiger partial charge is 0.326 e. The maximum atomic E-state index is 13.1. The highest BCUT2D eigenvalue weighted by Crippen LogP contribution is 2.07. The summed E-state index contributed by atoms with van der Waals surface area (Å²) in [5.41, 5.74) is 11.6. The Kier molecular flexibility index (Phi) is 13.7. The van der Waals surface area contributed by atoms with Crippen LogP contribution in [-0.4, -0.2) is 82.3 Å². The van der Waals surface area contributed by atoms with Crippen LogP contribution in [0.15, 0.2) is 30.3 Å². The Bertz CT molecular complexity index is 883. The zero-order valence-electron chi connectivity index (χ0n) is 19.9. The van der Waals surface area contributed by atoms with Crippen LogP contribution in [0, 0.1) is 0 Å². The molecule has 0 bridgehead atoms. The largest absolute Gasteiger partial charge is 0.481 e. The molecule has 10 N–H and O–H groups in total. The van der Waals surface area contributed by atoms with Crippen molar-refractivity contribution < 1.29 is 39.3 Å². The van der Waals surface area contributed by atoms with Gasteiger partial charge in [0, 0.05) is 12.8 Å². The second-order valence-electron chi connectivity index (χ2n) is 8.22. The van der Waals surface area contributed by atoms with Gasteiger partial charge in [-0.05, 0) is 37.8 Å². The minimum Gasteiger partial charge on any atom is -0.481 e. The van der Waals surface area contributed by atoms with Gasteiger partial charge in [-0.25, -0.2) is 4.79 Å². The summed E-state index contributed by atoms with van der Waals surface area (Å²) in [5.74, 6) is -4.98. The standard InChI is InChI=1S/C23H35N5O8/c24-11-5-4-8-17(23(35)36)27-21(33)16(9-10-19(30)31)26-22(34)18(28-20(32)15(25)13-29)12-14-6-2-1-3-7-14/h1-3,6-7,15-18,29H,4-5,8-13,24-25H2,(H,26,34)(H,27,33)(H,28,32)(H,30,31)(H,35,36). The van der Waals surface area contributed by atoms with Gasteiger partial charge >= 0.3 is 11.9 Å². The van der Waals surface area contributed by atoms with Crippen LogP contribution in [0.3, 0.4) is 0 Å². The summed E-state index contributed by atoms with van der Waals surface area (Å²) in [6, 6.07) is 3.51. The number of carbonyl (C=O) groups is 5. The molecule has 0 heterocycles. The third-order valence-corrected chi connectivity index (χ3v) is 5.29. The minimum atomic E-state index is -1.38. The summed E-state index contributed by atoms with van der Waals surface area (Å²) in [6.45, 7) is -0.304. The van der Waals surface area contributed by atoms with E-state index >= 15 is 0 Å². The Hall–Kier alpha value is -3.55. The molecule has 13 heteroatoms. The van der Waals surface area contributed by atoms with Crippen LogP contribution in [0.4, 0.5) is 0 Å². The molecule has 36 heavy (non-hydrogen) atoms. The molecule has 0 aliphatic rings. The van der Waals surface area contributed by atoms with Crippen molar-refractivity contribution in [3.8, 4) is 0 Å². The third kappa shape index (κ3) is 11.3. The lowest BCUT2D eigenvalue weighted by atomic mass is 10.0. The first kappa shape index (κ1) is 30.5. The van der Waals surface area contributed by atoms with Gasteiger partial charge < -0.3 is 42.7 Å². The topological polar surface area (TPSA) is 234 Å². The van der Waals surface area contributed by atoms with E-state index in [1.807, 2.05) is 0 Å². The van der Waals surface area contributed by atoms with E-state index in [9.17, 15) is 29.1 Å². The fourth-order valence-electron chi connectivity index (χ4n) is 3.25. The van der Waals surface area contributed by atoms with Crippen molar-refractivity contribution in [2.75, 3.05) is 13.2 Å². The molecule has 0 fully saturated rings. The summed E-state index contributed by atoms with van der Waals surface area (Å²) < 4.78 is 0. The van der Waals surface area contributed by atoms with Crippen LogP contribution in [0.2, 0.25) is 0 Å². The number of amides is 3. The minimum absolute atomic E-state index is 0.0146. The van der Waals surface area contributed by atoms with Crippen molar-refractivity contribution in [1.82, 2.24) is 16.0 Å². The number of aliphatic hydroxyl groups excluding tert-OH is 1. The number of aliphatic hydroxyl groups is 1. The first-order valence-corrected chi connectivity index (χ1v) is 11.5. The van der Waals surface area contributed by atoms with Gasteiger partial charge in [0.25, 0.3) is 0 Å². The number of hydrogen-bond donors (Lipinski definition) is 8. The van der Waals surface area contributed by atoms with Crippen LogP contribution in [0.1, 0.15) is 37.7 Å². The zero-order valence-corrected chi connectivity index (χ0v) is 19.9. The van der Waals surface area contributed by atoms with E-state index in [-0.39, 0.29) is 19.3 Å². The number of carboxylic acid groups (broad SMARTS) is 2. The number of benzene rings is 1. The van der Waals surface area contributed by atoms with Crippen molar-refractivity contribution >= 4 is 29.7 Å². The molecule has 1 aromatic carbocycles. The molecule has 0 saturated heterocycles. The quantitative estimate of drug-likeness (QED) is 0.108. The summed E-state index contributed by atoms with van der Waals surface area (Å²) >= 11 is 0. The predicted molar refractivity (Wildman–Crippen MR) is 128 cm³/mol. The molecule has 0 aliphatic heterocycles. The van der Waals surface area contributed by atoms with Crippen LogP contribution in [-0.2, 0) is 30.4 Å². The number of carboxylic acids is 2. The summed E-state index contributed by atoms with van der Waals surface area (Å²) in [4.78, 5) is 60.9. The molecule has 3 amide bonds. The molecule has 0 radical (unpaired) electrons. The average molecular weight is 510 g/mol. The molecular weight excluding hydrogens is 474 g/mol. The Morgan fingerprint density at radius 1 is 0.806 bits per heavy atom. The number of carbonyl (C=O) groups excluding carboxylic acids is 3. The number of nitrogens with two attached hydrogens (primary N) is 2. The molecule has 4 atom stereocenters. The SMILES string of the molecule is NCCCCC(NC(=O)C(CCC(=O)O)NC(=O)C(Cc1ccccc1)NC(=O)C(N)CO)C(=O)O. The second kappa shape index (κ2) is 16.2. The maximum absolute atomic E-state index is 13.1. The van der Waals surface area contributed by atoms with Crippen LogP contribution >= 0.6 is 0 Å². The van der Waals surface area contributed by atoms with Crippen molar-refractivity contribution in [3.63, 3.8) is 0 Å². The van der Waals surface area contributed by atoms with E-state index in [0.717, 1.165) is 0 Å². The molecule has 0 saturated carbocycles. The fraction of sp³-hybridized carbons (Fsp3) is 0.522. The normalized spacial score (nSPS) is 14.1. The van der Waals surface area contributed by atoms with Crippen molar-refractivity contribution in [3.05, 3.63) is 35.9 Å². The van der Waals surface area contributed by atoms with Gasteiger partial charge in [-0.15, -0.1) is 0 Å². The van der Waals surface area contributed by atoms with E-state index in [0.29, 0.717) is 24.9 Å². The van der Waals surface area contributed by atoms with E-state index in [2.05, 4.69) is 16.0 Å². The lowest BCUT2D eigenvalue weighted by molar-refractivity contribution is -0.143. The number of unbranched alkanes of at least 4 members (excludes halogenated alkanes) is 1. The molecule has 200 valence electrons. The monoisotopic (exact) mass is 509 g/mol. The van der Waals surface area contributed by atoms with Gasteiger partial charge in [-0.3, -0.25) is 19.2 Å². The first-order valence-electron chi connectivity index (χ1n) is 11.5. The molecule has 13 nitrogen and oxygen atoms in total. The number of rotatable bonds is 17. The summed E-state index contributed by atoms with van der Waals surface area (Å²) in [6.07, 6.45) is 0.314. The van der Waals surface area contributed by atoms with E-state index in [1.54, 1.807) is 30.3 Å². The molecule has 0 aliphatic carbocycles. The Morgan fingerprint density at radius 3 is 1.94 bits per heavy atom. The third-order valence-electron chi connectivity index (χ3n) is 5.29. The lowest BCUT2D eigenvalue weighted by Gasteiger charge is -2.25. The van der Waals surface area contributed by atoms with Crippen LogP contribution in [0.25, 0.3) is 0 Å². The predicted octanol–water partition coefficient (Wildman–Crippen LogP) is -1.92. The molecule has 1 rings (SSSR count). The summed E-state index contributed by atoms with van der Waals surface area (Å²) in [7, 11) is 0. The number of nitrogens with one attached hydrogen (secondary N) is 3. The highest BCUT2D eigenvalue weighted by atomic mass is 16.4. The Labute approximate surface area is 208 Å². The molecule has 1 aromatic rings. The Balaban J connectivity index is 3.07. The highest BCUT2D eigenvalue weighted by Gasteiger charge is 2.30. The zero-order chi connectivity index (χ0) is 27.1. The van der Waals surface area contributed by atoms with E-state index < -0.39 is 66.9 Å². The molecule has 4 unspecified atom stereocenters. The molecule has 0 spiro atoms. The highest BCUT2D eigenvalue weighted by molar-refractivity contribution is 5.94. The van der Waals surface area contributed by atoms with Gasteiger partial charge in [-0.2, -0.15) is 0 Å². The van der Waals surface area contributed by atoms with E-state index in [4.69, 9.17) is 21.7 Å². The average Bonchev–Trinajstić information content (AvgIpc) is 2.85. The van der Waals surface area contributed by atoms with Gasteiger partial charge in [0.05, 0.1) is 6.61 Å². The van der Waals surface area contributed by atoms with Crippen LogP contribution in [0.5, 0.6) is 0 Å².